The van der Waals surface area contributed by atoms with E-state index in [1.165, 1.54) is 4.88 Å². The lowest BCUT2D eigenvalue weighted by Gasteiger charge is -2.28. The first-order valence-electron chi connectivity index (χ1n) is 8.60. The maximum Gasteiger partial charge on any atom is 0.254 e. The smallest absolute Gasteiger partial charge is 0.254 e. The van der Waals surface area contributed by atoms with Gasteiger partial charge in [-0.3, -0.25) is 4.79 Å². The molecule has 2 saturated heterocycles. The van der Waals surface area contributed by atoms with E-state index in [9.17, 15) is 4.79 Å². The molecular weight excluding hydrogens is 320 g/mol. The Labute approximate surface area is 146 Å². The van der Waals surface area contributed by atoms with Gasteiger partial charge in [-0.15, -0.1) is 11.3 Å². The van der Waals surface area contributed by atoms with Gasteiger partial charge in [0.2, 0.25) is 0 Å². The predicted molar refractivity (Wildman–Crippen MR) is 95.6 cm³/mol. The zero-order valence-corrected chi connectivity index (χ0v) is 14.4. The first-order chi connectivity index (χ1) is 11.8. The van der Waals surface area contributed by atoms with Gasteiger partial charge in [0.25, 0.3) is 5.91 Å². The zero-order valence-electron chi connectivity index (χ0n) is 13.6. The van der Waals surface area contributed by atoms with Crippen LogP contribution in [0.4, 0.5) is 0 Å². The topological polar surface area (TPSA) is 41.6 Å². The van der Waals surface area contributed by atoms with E-state index in [-0.39, 0.29) is 5.91 Å². The molecule has 1 aromatic heterocycles. The predicted octanol–water partition coefficient (Wildman–Crippen LogP) is 3.29. The maximum atomic E-state index is 13.0. The summed E-state index contributed by atoms with van der Waals surface area (Å²) in [7, 11) is 0. The van der Waals surface area contributed by atoms with Crippen molar-refractivity contribution in [2.24, 2.45) is 0 Å². The Kier molecular flexibility index (Phi) is 4.54. The highest BCUT2D eigenvalue weighted by molar-refractivity contribution is 7.09. The highest BCUT2D eigenvalue weighted by atomic mass is 32.1. The minimum atomic E-state index is 0.146. The molecule has 2 unspecified atom stereocenters. The molecule has 4 nitrogen and oxygen atoms in total. The van der Waals surface area contributed by atoms with E-state index >= 15 is 0 Å². The number of rotatable bonds is 4. The molecule has 0 saturated carbocycles. The van der Waals surface area contributed by atoms with Crippen molar-refractivity contribution in [1.29, 1.82) is 0 Å². The summed E-state index contributed by atoms with van der Waals surface area (Å²) in [5, 5.41) is 5.49. The molecule has 4 rings (SSSR count). The van der Waals surface area contributed by atoms with Crippen LogP contribution in [0.2, 0.25) is 0 Å². The largest absolute Gasteiger partial charge is 0.488 e. The second-order valence-corrected chi connectivity index (χ2v) is 7.52. The lowest BCUT2D eigenvalue weighted by Crippen LogP contribution is -2.42. The van der Waals surface area contributed by atoms with Crippen LogP contribution in [-0.2, 0) is 6.61 Å². The third-order valence-electron chi connectivity index (χ3n) is 4.93. The molecule has 1 amide bonds. The Morgan fingerprint density at radius 1 is 1.21 bits per heavy atom. The number of nitrogens with zero attached hydrogens (tertiary/aromatic N) is 1. The minimum Gasteiger partial charge on any atom is -0.488 e. The number of fused-ring (bicyclic) bond motifs is 2. The number of amides is 1. The van der Waals surface area contributed by atoms with Gasteiger partial charge >= 0.3 is 0 Å². The van der Waals surface area contributed by atoms with E-state index in [1.54, 1.807) is 11.3 Å². The van der Waals surface area contributed by atoms with Gasteiger partial charge in [-0.25, -0.2) is 0 Å². The van der Waals surface area contributed by atoms with Crippen LogP contribution in [0.25, 0.3) is 0 Å². The van der Waals surface area contributed by atoms with Crippen LogP contribution in [0.5, 0.6) is 5.75 Å². The van der Waals surface area contributed by atoms with E-state index in [0.717, 1.165) is 43.7 Å². The molecule has 3 heterocycles. The van der Waals surface area contributed by atoms with Gasteiger partial charge in [0.15, 0.2) is 0 Å². The molecule has 1 aromatic carbocycles. The Bertz CT molecular complexity index is 687. The van der Waals surface area contributed by atoms with Crippen molar-refractivity contribution in [3.63, 3.8) is 0 Å². The second-order valence-electron chi connectivity index (χ2n) is 6.49. The fourth-order valence-electron chi connectivity index (χ4n) is 3.73. The lowest BCUT2D eigenvalue weighted by molar-refractivity contribution is 0.0680. The third-order valence-corrected chi connectivity index (χ3v) is 5.78. The van der Waals surface area contributed by atoms with Crippen LogP contribution in [0.3, 0.4) is 0 Å². The van der Waals surface area contributed by atoms with Crippen molar-refractivity contribution in [1.82, 2.24) is 10.2 Å². The van der Waals surface area contributed by atoms with Crippen molar-refractivity contribution in [2.75, 3.05) is 13.1 Å². The quantitative estimate of drug-likeness (QED) is 0.927. The number of thiophene rings is 1. The van der Waals surface area contributed by atoms with E-state index in [4.69, 9.17) is 4.74 Å². The molecular formula is C19H22N2O2S. The summed E-state index contributed by atoms with van der Waals surface area (Å²) in [6.07, 6.45) is 3.29. The van der Waals surface area contributed by atoms with E-state index in [1.807, 2.05) is 35.7 Å². The molecule has 2 aliphatic heterocycles. The Hall–Kier alpha value is -1.85. The normalized spacial score (nSPS) is 23.1. The molecule has 2 fully saturated rings. The summed E-state index contributed by atoms with van der Waals surface area (Å²) in [4.78, 5) is 16.3. The fourth-order valence-corrected chi connectivity index (χ4v) is 4.35. The van der Waals surface area contributed by atoms with Crippen molar-refractivity contribution in [3.05, 3.63) is 52.2 Å². The van der Waals surface area contributed by atoms with Crippen LogP contribution in [0.15, 0.2) is 41.8 Å². The summed E-state index contributed by atoms with van der Waals surface area (Å²) in [6, 6.07) is 12.4. The van der Waals surface area contributed by atoms with E-state index in [2.05, 4.69) is 16.3 Å². The Morgan fingerprint density at radius 3 is 3.00 bits per heavy atom. The standard InChI is InChI=1S/C19H22N2O2S/c22-19(21-15-6-7-16(21)12-20-9-8-15)14-3-1-4-17(11-14)23-13-18-5-2-10-24-18/h1-5,10-11,15-16,20H,6-9,12-13H2. The zero-order chi connectivity index (χ0) is 16.4. The highest BCUT2D eigenvalue weighted by Gasteiger charge is 2.38. The van der Waals surface area contributed by atoms with Crippen molar-refractivity contribution >= 4 is 17.2 Å². The SMILES string of the molecule is O=C(c1cccc(OCc2cccs2)c1)N1C2CCNCC1CC2. The Balaban J connectivity index is 1.49. The molecule has 2 aliphatic rings. The van der Waals surface area contributed by atoms with Gasteiger partial charge in [-0.1, -0.05) is 12.1 Å². The number of carbonyl (C=O) groups is 1. The Morgan fingerprint density at radius 2 is 2.12 bits per heavy atom. The van der Waals surface area contributed by atoms with E-state index < -0.39 is 0 Å². The molecule has 0 radical (unpaired) electrons. The molecule has 24 heavy (non-hydrogen) atoms. The van der Waals surface area contributed by atoms with Crippen LogP contribution >= 0.6 is 11.3 Å². The molecule has 2 aromatic rings. The summed E-state index contributed by atoms with van der Waals surface area (Å²) in [5.41, 5.74) is 0.734. The van der Waals surface area contributed by atoms with Gasteiger partial charge in [-0.05, 0) is 55.5 Å². The van der Waals surface area contributed by atoms with Crippen LogP contribution < -0.4 is 10.1 Å². The third kappa shape index (κ3) is 3.19. The average molecular weight is 342 g/mol. The van der Waals surface area contributed by atoms with Gasteiger partial charge in [0, 0.05) is 29.1 Å². The van der Waals surface area contributed by atoms with E-state index in [0.29, 0.717) is 18.7 Å². The first-order valence-corrected chi connectivity index (χ1v) is 9.48. The molecule has 0 aliphatic carbocycles. The summed E-state index contributed by atoms with van der Waals surface area (Å²) >= 11 is 1.68. The van der Waals surface area contributed by atoms with Gasteiger partial charge < -0.3 is 15.0 Å². The number of hydrogen-bond acceptors (Lipinski definition) is 4. The number of ether oxygens (including phenoxy) is 1. The number of benzene rings is 1. The van der Waals surface area contributed by atoms with Crippen LogP contribution in [-0.4, -0.2) is 36.0 Å². The molecule has 2 atom stereocenters. The number of carbonyl (C=O) groups excluding carboxylic acids is 1. The summed E-state index contributed by atoms with van der Waals surface area (Å²) in [6.45, 7) is 2.47. The molecule has 126 valence electrons. The molecule has 2 bridgehead atoms. The molecule has 1 N–H and O–H groups in total. The number of hydrogen-bond donors (Lipinski definition) is 1. The van der Waals surface area contributed by atoms with Crippen LogP contribution in [0, 0.1) is 0 Å². The highest BCUT2D eigenvalue weighted by Crippen LogP contribution is 2.30. The second kappa shape index (κ2) is 6.95. The van der Waals surface area contributed by atoms with Crippen molar-refractivity contribution < 1.29 is 9.53 Å². The summed E-state index contributed by atoms with van der Waals surface area (Å²) < 4.78 is 5.85. The van der Waals surface area contributed by atoms with Gasteiger partial charge in [0.05, 0.1) is 0 Å². The lowest BCUT2D eigenvalue weighted by atomic mass is 10.1. The van der Waals surface area contributed by atoms with Crippen LogP contribution in [0.1, 0.15) is 34.5 Å². The van der Waals surface area contributed by atoms with Crippen molar-refractivity contribution in [3.8, 4) is 5.75 Å². The molecule has 5 heteroatoms. The van der Waals surface area contributed by atoms with Crippen molar-refractivity contribution in [2.45, 2.75) is 38.0 Å². The minimum absolute atomic E-state index is 0.146. The number of nitrogens with one attached hydrogen (secondary N) is 1. The molecule has 0 spiro atoms. The average Bonchev–Trinajstić information content (AvgIpc) is 3.19. The maximum absolute atomic E-state index is 13.0. The van der Waals surface area contributed by atoms with Gasteiger partial charge in [0.1, 0.15) is 12.4 Å². The fraction of sp³-hybridized carbons (Fsp3) is 0.421. The van der Waals surface area contributed by atoms with Gasteiger partial charge in [-0.2, -0.15) is 0 Å². The monoisotopic (exact) mass is 342 g/mol. The summed E-state index contributed by atoms with van der Waals surface area (Å²) in [5.74, 6) is 0.905. The first kappa shape index (κ1) is 15.7.